The second-order valence-electron chi connectivity index (χ2n) is 3.52. The molecule has 4 heteroatoms. The maximum absolute atomic E-state index is 6.03. The summed E-state index contributed by atoms with van der Waals surface area (Å²) in [5.41, 5.74) is 1.07. The third-order valence-electron chi connectivity index (χ3n) is 2.53. The van der Waals surface area contributed by atoms with E-state index in [4.69, 9.17) is 23.2 Å². The van der Waals surface area contributed by atoms with Gasteiger partial charge in [-0.1, -0.05) is 35.7 Å². The number of aromatic nitrogens is 1. The van der Waals surface area contributed by atoms with E-state index in [1.54, 1.807) is 6.07 Å². The van der Waals surface area contributed by atoms with Gasteiger partial charge < -0.3 is 5.32 Å². The van der Waals surface area contributed by atoms with Crippen LogP contribution in [-0.4, -0.2) is 11.5 Å². The molecule has 2 rings (SSSR count). The Hall–Kier alpha value is -0.310. The molecule has 14 heavy (non-hydrogen) atoms. The number of nitrogens with zero attached hydrogens (tertiary/aromatic N) is 1. The lowest BCUT2D eigenvalue weighted by Gasteiger charge is -2.24. The number of nitrogens with one attached hydrogen (secondary N) is 1. The van der Waals surface area contributed by atoms with E-state index in [0.717, 1.165) is 18.5 Å². The highest BCUT2D eigenvalue weighted by atomic mass is 35.5. The fourth-order valence-electron chi connectivity index (χ4n) is 1.80. The van der Waals surface area contributed by atoms with Crippen molar-refractivity contribution in [1.29, 1.82) is 0 Å². The molecule has 0 unspecified atom stereocenters. The van der Waals surface area contributed by atoms with Crippen molar-refractivity contribution in [2.24, 2.45) is 0 Å². The topological polar surface area (TPSA) is 24.9 Å². The molecular weight excluding hydrogens is 219 g/mol. The molecule has 0 bridgehead atoms. The first-order valence-corrected chi connectivity index (χ1v) is 5.58. The standard InChI is InChI=1S/C10H12Cl2N2/c11-9-5-4-7(10(12)14-9)8-3-1-2-6-13-8/h4-5,8,13H,1-3,6H2/t8-/m1/s1. The monoisotopic (exact) mass is 230 g/mol. The second-order valence-corrected chi connectivity index (χ2v) is 4.26. The van der Waals surface area contributed by atoms with Gasteiger partial charge in [0.1, 0.15) is 10.3 Å². The highest BCUT2D eigenvalue weighted by Gasteiger charge is 2.17. The molecule has 0 saturated carbocycles. The zero-order valence-corrected chi connectivity index (χ0v) is 9.28. The van der Waals surface area contributed by atoms with E-state index >= 15 is 0 Å². The van der Waals surface area contributed by atoms with Gasteiger partial charge in [-0.25, -0.2) is 4.98 Å². The van der Waals surface area contributed by atoms with E-state index in [-0.39, 0.29) is 0 Å². The van der Waals surface area contributed by atoms with Crippen LogP contribution in [0.5, 0.6) is 0 Å². The lowest BCUT2D eigenvalue weighted by molar-refractivity contribution is 0.412. The minimum Gasteiger partial charge on any atom is -0.310 e. The Morgan fingerprint density at radius 3 is 2.79 bits per heavy atom. The lowest BCUT2D eigenvalue weighted by Crippen LogP contribution is -2.27. The van der Waals surface area contributed by atoms with E-state index in [1.807, 2.05) is 6.07 Å². The van der Waals surface area contributed by atoms with Crippen molar-refractivity contribution in [3.05, 3.63) is 28.0 Å². The van der Waals surface area contributed by atoms with E-state index in [0.29, 0.717) is 16.3 Å². The van der Waals surface area contributed by atoms with Crippen LogP contribution in [-0.2, 0) is 0 Å². The Labute approximate surface area is 93.6 Å². The largest absolute Gasteiger partial charge is 0.310 e. The van der Waals surface area contributed by atoms with Crippen LogP contribution in [0.25, 0.3) is 0 Å². The van der Waals surface area contributed by atoms with Gasteiger partial charge in [0.15, 0.2) is 0 Å². The third-order valence-corrected chi connectivity index (χ3v) is 3.04. The fraction of sp³-hybridized carbons (Fsp3) is 0.500. The summed E-state index contributed by atoms with van der Waals surface area (Å²) in [5, 5.41) is 4.41. The highest BCUT2D eigenvalue weighted by molar-refractivity contribution is 6.32. The van der Waals surface area contributed by atoms with Crippen LogP contribution in [0, 0.1) is 0 Å². The molecule has 1 aliphatic rings. The Morgan fingerprint density at radius 2 is 2.14 bits per heavy atom. The SMILES string of the molecule is Clc1ccc([C@H]2CCCCN2)c(Cl)n1. The summed E-state index contributed by atoms with van der Waals surface area (Å²) in [5.74, 6) is 0. The van der Waals surface area contributed by atoms with E-state index in [1.165, 1.54) is 12.8 Å². The summed E-state index contributed by atoms with van der Waals surface area (Å²) in [6.45, 7) is 1.06. The molecule has 0 spiro atoms. The van der Waals surface area contributed by atoms with Crippen LogP contribution in [0.1, 0.15) is 30.9 Å². The first-order chi connectivity index (χ1) is 6.77. The lowest BCUT2D eigenvalue weighted by atomic mass is 9.99. The fourth-order valence-corrected chi connectivity index (χ4v) is 2.28. The molecule has 1 N–H and O–H groups in total. The molecule has 1 saturated heterocycles. The first kappa shape index (κ1) is 10.2. The van der Waals surface area contributed by atoms with Crippen molar-refractivity contribution in [2.75, 3.05) is 6.54 Å². The molecule has 1 aromatic rings. The molecule has 1 aromatic heterocycles. The highest BCUT2D eigenvalue weighted by Crippen LogP contribution is 2.28. The minimum atomic E-state index is 0.348. The maximum Gasteiger partial charge on any atom is 0.135 e. The second kappa shape index (κ2) is 4.47. The normalized spacial score (nSPS) is 22.3. The van der Waals surface area contributed by atoms with Crippen LogP contribution in [0.15, 0.2) is 12.1 Å². The van der Waals surface area contributed by atoms with Crippen molar-refractivity contribution in [1.82, 2.24) is 10.3 Å². The molecule has 0 aliphatic carbocycles. The van der Waals surface area contributed by atoms with Gasteiger partial charge in [0, 0.05) is 11.6 Å². The van der Waals surface area contributed by atoms with E-state index < -0.39 is 0 Å². The number of halogens is 2. The van der Waals surface area contributed by atoms with Gasteiger partial charge in [-0.3, -0.25) is 0 Å². The summed E-state index contributed by atoms with van der Waals surface area (Å²) in [6, 6.07) is 4.10. The Balaban J connectivity index is 2.22. The van der Waals surface area contributed by atoms with Crippen molar-refractivity contribution in [3.8, 4) is 0 Å². The summed E-state index contributed by atoms with van der Waals surface area (Å²) >= 11 is 11.8. The number of pyridine rings is 1. The average Bonchev–Trinajstić information content (AvgIpc) is 2.19. The molecular formula is C10H12Cl2N2. The summed E-state index contributed by atoms with van der Waals surface area (Å²) < 4.78 is 0. The van der Waals surface area contributed by atoms with Gasteiger partial charge >= 0.3 is 0 Å². The van der Waals surface area contributed by atoms with Crippen LogP contribution in [0.4, 0.5) is 0 Å². The summed E-state index contributed by atoms with van der Waals surface area (Å²) in [7, 11) is 0. The molecule has 0 amide bonds. The zero-order valence-electron chi connectivity index (χ0n) is 7.76. The number of piperidine rings is 1. The number of hydrogen-bond donors (Lipinski definition) is 1. The predicted octanol–water partition coefficient (Wildman–Crippen LogP) is 3.20. The molecule has 2 heterocycles. The molecule has 1 atom stereocenters. The van der Waals surface area contributed by atoms with Gasteiger partial charge in [-0.05, 0) is 25.5 Å². The van der Waals surface area contributed by atoms with Crippen LogP contribution >= 0.6 is 23.2 Å². The van der Waals surface area contributed by atoms with Crippen LogP contribution in [0.2, 0.25) is 10.3 Å². The quantitative estimate of drug-likeness (QED) is 0.750. The van der Waals surface area contributed by atoms with Crippen LogP contribution < -0.4 is 5.32 Å². The molecule has 1 aliphatic heterocycles. The molecule has 76 valence electrons. The molecule has 1 fully saturated rings. The first-order valence-electron chi connectivity index (χ1n) is 4.83. The molecule has 0 radical (unpaired) electrons. The Morgan fingerprint density at radius 1 is 1.29 bits per heavy atom. The van der Waals surface area contributed by atoms with Crippen molar-refractivity contribution < 1.29 is 0 Å². The van der Waals surface area contributed by atoms with Crippen molar-refractivity contribution in [2.45, 2.75) is 25.3 Å². The third kappa shape index (κ3) is 2.19. The molecule has 0 aromatic carbocycles. The molecule has 2 nitrogen and oxygen atoms in total. The van der Waals surface area contributed by atoms with Crippen molar-refractivity contribution in [3.63, 3.8) is 0 Å². The minimum absolute atomic E-state index is 0.348. The Bertz CT molecular complexity index is 322. The van der Waals surface area contributed by atoms with Crippen molar-refractivity contribution >= 4 is 23.2 Å². The van der Waals surface area contributed by atoms with Gasteiger partial charge in [-0.2, -0.15) is 0 Å². The van der Waals surface area contributed by atoms with E-state index in [9.17, 15) is 0 Å². The van der Waals surface area contributed by atoms with Gasteiger partial charge in [-0.15, -0.1) is 0 Å². The Kier molecular flexibility index (Phi) is 3.26. The van der Waals surface area contributed by atoms with Gasteiger partial charge in [0.25, 0.3) is 0 Å². The predicted molar refractivity (Wildman–Crippen MR) is 58.9 cm³/mol. The maximum atomic E-state index is 6.03. The smallest absolute Gasteiger partial charge is 0.135 e. The summed E-state index contributed by atoms with van der Waals surface area (Å²) in [6.07, 6.45) is 3.62. The zero-order chi connectivity index (χ0) is 9.97. The van der Waals surface area contributed by atoms with Crippen LogP contribution in [0.3, 0.4) is 0 Å². The summed E-state index contributed by atoms with van der Waals surface area (Å²) in [4.78, 5) is 4.04. The number of hydrogen-bond acceptors (Lipinski definition) is 2. The average molecular weight is 231 g/mol. The number of rotatable bonds is 1. The van der Waals surface area contributed by atoms with Gasteiger partial charge in [0.2, 0.25) is 0 Å². The van der Waals surface area contributed by atoms with Gasteiger partial charge in [0.05, 0.1) is 0 Å². The van der Waals surface area contributed by atoms with E-state index in [2.05, 4.69) is 10.3 Å².